The highest BCUT2D eigenvalue weighted by Gasteiger charge is 1.98. The van der Waals surface area contributed by atoms with Crippen molar-refractivity contribution < 1.29 is 5.11 Å². The Morgan fingerprint density at radius 3 is 2.55 bits per heavy atom. The Morgan fingerprint density at radius 1 is 1.36 bits per heavy atom. The Hall–Kier alpha value is -0.860. The molecule has 1 atom stereocenters. The first kappa shape index (κ1) is 8.24. The molecule has 0 heterocycles. The molecule has 0 unspecified atom stereocenters. The lowest BCUT2D eigenvalue weighted by Crippen LogP contribution is -2.00. The summed E-state index contributed by atoms with van der Waals surface area (Å²) in [5.41, 5.74) is 0.929. The van der Waals surface area contributed by atoms with Gasteiger partial charge in [0.1, 0.15) is 0 Å². The van der Waals surface area contributed by atoms with E-state index in [4.69, 9.17) is 0 Å². The van der Waals surface area contributed by atoms with E-state index < -0.39 is 6.10 Å². The average Bonchev–Trinajstić information content (AvgIpc) is 2.07. The number of hydrogen-bond donors (Lipinski definition) is 1. The quantitative estimate of drug-likeness (QED) is 0.699. The molecule has 11 heavy (non-hydrogen) atoms. The third kappa shape index (κ3) is 2.33. The van der Waals surface area contributed by atoms with Crippen LogP contribution in [0.5, 0.6) is 0 Å². The lowest BCUT2D eigenvalue weighted by molar-refractivity contribution is 0.193. The Kier molecular flexibility index (Phi) is 3.08. The summed E-state index contributed by atoms with van der Waals surface area (Å²) < 4.78 is 0. The number of nitrogens with zero attached hydrogens (tertiary/aromatic N) is 1. The second kappa shape index (κ2) is 4.11. The van der Waals surface area contributed by atoms with Gasteiger partial charge in [0.05, 0.1) is 6.10 Å². The summed E-state index contributed by atoms with van der Waals surface area (Å²) in [7, 11) is 1.70. The number of hydrogen-bond acceptors (Lipinski definition) is 1. The predicted octanol–water partition coefficient (Wildman–Crippen LogP) is 1.72. The van der Waals surface area contributed by atoms with Crippen LogP contribution in [-0.2, 0) is 0 Å². The molecule has 0 aliphatic carbocycles. The van der Waals surface area contributed by atoms with E-state index in [2.05, 4.69) is 5.32 Å². The molecular weight excluding hydrogens is 138 g/mol. The zero-order chi connectivity index (χ0) is 8.10. The molecule has 0 aliphatic heterocycles. The molecule has 0 radical (unpaired) electrons. The van der Waals surface area contributed by atoms with E-state index in [1.165, 1.54) is 0 Å². The van der Waals surface area contributed by atoms with E-state index >= 15 is 0 Å². The van der Waals surface area contributed by atoms with Gasteiger partial charge in [0.15, 0.2) is 0 Å². The minimum atomic E-state index is -0.443. The lowest BCUT2D eigenvalue weighted by atomic mass is 10.1. The standard InChI is InChI=1S/C9H12NO/c1-10-7-9(11)8-5-3-2-4-6-8/h2-6,9,11H,7H2,1H3/q-1/t9-/m0/s1. The van der Waals surface area contributed by atoms with Gasteiger partial charge in [-0.25, -0.2) is 0 Å². The molecule has 0 bridgehead atoms. The van der Waals surface area contributed by atoms with Gasteiger partial charge >= 0.3 is 0 Å². The molecule has 60 valence electrons. The first-order valence-electron chi connectivity index (χ1n) is 3.63. The maximum absolute atomic E-state index is 9.43. The summed E-state index contributed by atoms with van der Waals surface area (Å²) in [4.78, 5) is 0. The van der Waals surface area contributed by atoms with Crippen molar-refractivity contribution in [2.75, 3.05) is 13.6 Å². The molecule has 0 amide bonds. The van der Waals surface area contributed by atoms with E-state index in [1.807, 2.05) is 30.3 Å². The average molecular weight is 150 g/mol. The summed E-state index contributed by atoms with van der Waals surface area (Å²) in [5.74, 6) is 0. The topological polar surface area (TPSA) is 34.3 Å². The molecule has 1 N–H and O–H groups in total. The van der Waals surface area contributed by atoms with Gasteiger partial charge < -0.3 is 10.4 Å². The van der Waals surface area contributed by atoms with Crippen LogP contribution in [0.3, 0.4) is 0 Å². The largest absolute Gasteiger partial charge is 0.663 e. The molecule has 0 aromatic heterocycles. The van der Waals surface area contributed by atoms with Crippen molar-refractivity contribution in [3.8, 4) is 0 Å². The molecule has 1 aromatic rings. The van der Waals surface area contributed by atoms with Crippen LogP contribution in [0.25, 0.3) is 5.32 Å². The fourth-order valence-electron chi connectivity index (χ4n) is 0.954. The highest BCUT2D eigenvalue weighted by molar-refractivity contribution is 5.18. The number of aliphatic hydroxyl groups excluding tert-OH is 1. The van der Waals surface area contributed by atoms with Gasteiger partial charge in [-0.1, -0.05) is 30.3 Å². The Morgan fingerprint density at radius 2 is 2.00 bits per heavy atom. The minimum absolute atomic E-state index is 0.443. The number of likely N-dealkylation sites (N-methyl/N-ethyl adjacent to an activating group) is 1. The SMILES string of the molecule is C[N-]C[C@H](O)c1ccccc1. The van der Waals surface area contributed by atoms with Crippen molar-refractivity contribution in [2.45, 2.75) is 6.10 Å². The summed E-state index contributed by atoms with van der Waals surface area (Å²) >= 11 is 0. The summed E-state index contributed by atoms with van der Waals surface area (Å²) in [6.07, 6.45) is -0.443. The van der Waals surface area contributed by atoms with Gasteiger partial charge in [0, 0.05) is 0 Å². The molecule has 0 spiro atoms. The van der Waals surface area contributed by atoms with E-state index in [0.717, 1.165) is 5.56 Å². The Bertz CT molecular complexity index is 198. The van der Waals surface area contributed by atoms with Crippen molar-refractivity contribution in [3.05, 3.63) is 41.2 Å². The maximum atomic E-state index is 9.43. The molecular formula is C9H12NO-. The smallest absolute Gasteiger partial charge is 0.0603 e. The van der Waals surface area contributed by atoms with Gasteiger partial charge in [-0.15, -0.1) is 6.54 Å². The molecule has 1 rings (SSSR count). The highest BCUT2D eigenvalue weighted by atomic mass is 16.3. The second-order valence-electron chi connectivity index (χ2n) is 2.43. The van der Waals surface area contributed by atoms with Crippen LogP contribution in [0.15, 0.2) is 30.3 Å². The Balaban J connectivity index is 2.61. The molecule has 0 saturated heterocycles. The molecule has 0 fully saturated rings. The first-order chi connectivity index (χ1) is 5.34. The van der Waals surface area contributed by atoms with Gasteiger partial charge in [-0.3, -0.25) is 0 Å². The van der Waals surface area contributed by atoms with E-state index in [1.54, 1.807) is 7.05 Å². The third-order valence-corrected chi connectivity index (χ3v) is 1.54. The van der Waals surface area contributed by atoms with Gasteiger partial charge in [-0.2, -0.15) is 7.05 Å². The minimum Gasteiger partial charge on any atom is -0.663 e. The predicted molar refractivity (Wildman–Crippen MR) is 45.6 cm³/mol. The highest BCUT2D eigenvalue weighted by Crippen LogP contribution is 2.12. The fourth-order valence-corrected chi connectivity index (χ4v) is 0.954. The number of rotatable bonds is 3. The first-order valence-corrected chi connectivity index (χ1v) is 3.63. The van der Waals surface area contributed by atoms with Crippen molar-refractivity contribution in [3.63, 3.8) is 0 Å². The number of benzene rings is 1. The van der Waals surface area contributed by atoms with Crippen LogP contribution >= 0.6 is 0 Å². The fraction of sp³-hybridized carbons (Fsp3) is 0.333. The van der Waals surface area contributed by atoms with Crippen molar-refractivity contribution in [1.82, 2.24) is 0 Å². The maximum Gasteiger partial charge on any atom is 0.0603 e. The summed E-state index contributed by atoms with van der Waals surface area (Å²) in [5, 5.41) is 13.3. The molecule has 0 aliphatic rings. The third-order valence-electron chi connectivity index (χ3n) is 1.54. The second-order valence-corrected chi connectivity index (χ2v) is 2.43. The lowest BCUT2D eigenvalue weighted by Gasteiger charge is -2.17. The van der Waals surface area contributed by atoms with Gasteiger partial charge in [0.25, 0.3) is 0 Å². The van der Waals surface area contributed by atoms with Gasteiger partial charge in [0.2, 0.25) is 0 Å². The van der Waals surface area contributed by atoms with E-state index in [-0.39, 0.29) is 0 Å². The van der Waals surface area contributed by atoms with Crippen LogP contribution in [0.1, 0.15) is 11.7 Å². The van der Waals surface area contributed by atoms with Crippen molar-refractivity contribution >= 4 is 0 Å². The normalized spacial score (nSPS) is 12.9. The van der Waals surface area contributed by atoms with Crippen molar-refractivity contribution in [1.29, 1.82) is 0 Å². The van der Waals surface area contributed by atoms with E-state index in [9.17, 15) is 5.11 Å². The van der Waals surface area contributed by atoms with Crippen LogP contribution in [0.4, 0.5) is 0 Å². The molecule has 0 saturated carbocycles. The van der Waals surface area contributed by atoms with Crippen molar-refractivity contribution in [2.24, 2.45) is 0 Å². The zero-order valence-electron chi connectivity index (χ0n) is 6.57. The summed E-state index contributed by atoms with van der Waals surface area (Å²) in [6.45, 7) is 0.476. The van der Waals surface area contributed by atoms with Crippen LogP contribution in [0, 0.1) is 0 Å². The van der Waals surface area contributed by atoms with Crippen LogP contribution in [-0.4, -0.2) is 18.7 Å². The molecule has 2 heteroatoms. The number of aliphatic hydroxyl groups is 1. The van der Waals surface area contributed by atoms with Crippen LogP contribution in [0.2, 0.25) is 0 Å². The molecule has 1 aromatic carbocycles. The Labute approximate surface area is 66.9 Å². The zero-order valence-corrected chi connectivity index (χ0v) is 6.57. The van der Waals surface area contributed by atoms with E-state index in [0.29, 0.717) is 6.54 Å². The monoisotopic (exact) mass is 150 g/mol. The van der Waals surface area contributed by atoms with Gasteiger partial charge in [-0.05, 0) is 5.56 Å². The summed E-state index contributed by atoms with van der Waals surface area (Å²) in [6, 6.07) is 9.55. The van der Waals surface area contributed by atoms with Crippen LogP contribution < -0.4 is 0 Å². The molecule has 2 nitrogen and oxygen atoms in total.